The molecule has 0 radical (unpaired) electrons. The molecule has 0 bridgehead atoms. The number of isothiocyanates is 2. The van der Waals surface area contributed by atoms with E-state index >= 15 is 0 Å². The van der Waals surface area contributed by atoms with E-state index in [1.165, 1.54) is 47.0 Å². The van der Waals surface area contributed by atoms with Gasteiger partial charge in [-0.1, -0.05) is 60.8 Å². The van der Waals surface area contributed by atoms with Crippen molar-refractivity contribution in [2.24, 2.45) is 9.98 Å². The van der Waals surface area contributed by atoms with Gasteiger partial charge in [-0.25, -0.2) is 29.2 Å². The van der Waals surface area contributed by atoms with Crippen LogP contribution in [-0.4, -0.2) is 76.0 Å². The minimum atomic E-state index is -1.27. The fraction of sp³-hybridized carbons (Fsp3) is 0. The van der Waals surface area contributed by atoms with Gasteiger partial charge in [-0.05, 0) is 48.5 Å². The molecule has 0 saturated carbocycles. The van der Waals surface area contributed by atoms with Gasteiger partial charge in [0.25, 0.3) is 0 Å². The normalized spacial score (nSPS) is 9.79. The molecule has 4 rings (SSSR count). The first-order valence-corrected chi connectivity index (χ1v) is 13.0. The van der Waals surface area contributed by atoms with Crippen LogP contribution >= 0.6 is 24.4 Å². The van der Waals surface area contributed by atoms with Gasteiger partial charge in [0.2, 0.25) is 0 Å². The number of carboxylic acid groups (broad SMARTS) is 4. The van der Waals surface area contributed by atoms with Crippen LogP contribution in [0, 0.1) is 0 Å². The van der Waals surface area contributed by atoms with Crippen LogP contribution in [-0.2, 0) is 29.1 Å². The average Bonchev–Trinajstić information content (AvgIpc) is 3.04. The van der Waals surface area contributed by atoms with E-state index in [9.17, 15) is 29.4 Å². The van der Waals surface area contributed by atoms with Crippen LogP contribution < -0.4 is 0 Å². The number of thiocarbonyl (C=S) groups is 2. The van der Waals surface area contributed by atoms with Gasteiger partial charge in [-0.15, -0.1) is 0 Å². The second kappa shape index (κ2) is 22.7. The van der Waals surface area contributed by atoms with Crippen molar-refractivity contribution in [1.82, 2.24) is 9.97 Å². The second-order valence-corrected chi connectivity index (χ2v) is 8.22. The smallest absolute Gasteiger partial charge is 0.753 e. The summed E-state index contributed by atoms with van der Waals surface area (Å²) in [6.07, 6.45) is 2.48. The zero-order valence-corrected chi connectivity index (χ0v) is 26.9. The molecule has 0 atom stereocenters. The number of carbonyl (C=O) groups is 4. The Labute approximate surface area is 290 Å². The molecule has 0 aliphatic rings. The molecule has 2 aromatic heterocycles. The van der Waals surface area contributed by atoms with Crippen molar-refractivity contribution in [3.05, 3.63) is 131 Å². The van der Waals surface area contributed by atoms with E-state index in [1.54, 1.807) is 60.7 Å². The van der Waals surface area contributed by atoms with E-state index in [4.69, 9.17) is 21.0 Å². The topological polar surface area (TPSA) is 244 Å². The van der Waals surface area contributed by atoms with Crippen molar-refractivity contribution >= 4 is 81.4 Å². The Balaban J connectivity index is 0.000000757. The molecule has 2 aromatic carbocycles. The van der Waals surface area contributed by atoms with Gasteiger partial charge in [-0.3, -0.25) is 9.97 Å². The molecule has 0 fully saturated rings. The van der Waals surface area contributed by atoms with Gasteiger partial charge in [0.15, 0.2) is 11.4 Å². The minimum Gasteiger partial charge on any atom is -0.753 e. The number of nitrogens with zero attached hydrogens (tertiary/aromatic N) is 6. The van der Waals surface area contributed by atoms with Crippen molar-refractivity contribution < 1.29 is 59.1 Å². The fourth-order valence-corrected chi connectivity index (χ4v) is 3.08. The van der Waals surface area contributed by atoms with E-state index in [-0.39, 0.29) is 53.4 Å². The van der Waals surface area contributed by atoms with Crippen molar-refractivity contribution in [2.75, 3.05) is 0 Å². The molecule has 0 amide bonds. The van der Waals surface area contributed by atoms with Crippen LogP contribution in [0.15, 0.2) is 107 Å². The first kappa shape index (κ1) is 41.2. The zero-order chi connectivity index (χ0) is 34.5. The third-order valence-corrected chi connectivity index (χ3v) is 4.90. The van der Waals surface area contributed by atoms with E-state index < -0.39 is 23.9 Å². The quantitative estimate of drug-likeness (QED) is 0.102. The summed E-state index contributed by atoms with van der Waals surface area (Å²) >= 11 is 7.40. The summed E-state index contributed by atoms with van der Waals surface area (Å²) < 4.78 is 0. The molecule has 238 valence electrons. The largest absolute Gasteiger partial charge is 2.00 e. The van der Waals surface area contributed by atoms with Crippen molar-refractivity contribution in [3.63, 3.8) is 0 Å². The second-order valence-electron chi connectivity index (χ2n) is 7.85. The maximum Gasteiger partial charge on any atom is 2.00 e. The zero-order valence-electron chi connectivity index (χ0n) is 23.5. The molecule has 4 aromatic rings. The summed E-state index contributed by atoms with van der Waals surface area (Å²) in [4.78, 5) is 60.0. The number of aromatic nitrogens is 2. The molecule has 14 nitrogen and oxygen atoms in total. The first-order chi connectivity index (χ1) is 22.0. The SMILES string of the molecule is O=C(O)C(=Nc1ccccc1)c1cc(C(=O)O)ccn1.O=C(O)C(=Nc1ccccc1)c1cc(C(=O)O)ccn1.[N-]=C=S.[N-]=C=S.[Ru+2]. The summed E-state index contributed by atoms with van der Waals surface area (Å²) in [6.45, 7) is 0. The molecular weight excluding hydrogens is 738 g/mol. The van der Waals surface area contributed by atoms with E-state index in [0.717, 1.165) is 0 Å². The Kier molecular flexibility index (Phi) is 19.9. The monoisotopic (exact) mass is 758 g/mol. The van der Waals surface area contributed by atoms with Crippen LogP contribution in [0.4, 0.5) is 11.4 Å². The van der Waals surface area contributed by atoms with Gasteiger partial charge in [-0.2, -0.15) is 10.3 Å². The van der Waals surface area contributed by atoms with Crippen molar-refractivity contribution in [2.45, 2.75) is 0 Å². The standard InChI is InChI=1S/2C14H10N2O4.2CNS.Ru/c2*17-13(18)9-6-7-15-11(8-9)12(14(19)20)16-10-4-2-1-3-5-10;2*2-1-3;/h2*1-8H,(H,17,18)(H,19,20);;;/q;;2*-1;+2. The Hall–Kier alpha value is -5.82. The first-order valence-electron chi connectivity index (χ1n) is 12.1. The van der Waals surface area contributed by atoms with Crippen molar-refractivity contribution in [1.29, 1.82) is 0 Å². The minimum absolute atomic E-state index is 0. The summed E-state index contributed by atoms with van der Waals surface area (Å²) in [5.74, 6) is -4.86. The van der Waals surface area contributed by atoms with Crippen molar-refractivity contribution in [3.8, 4) is 0 Å². The number of rotatable bonds is 8. The van der Waals surface area contributed by atoms with Crippen LogP contribution in [0.2, 0.25) is 0 Å². The fourth-order valence-electron chi connectivity index (χ4n) is 3.08. The van der Waals surface area contributed by atoms with Gasteiger partial charge in [0, 0.05) is 12.4 Å². The number of benzene rings is 2. The average molecular weight is 758 g/mol. The Bertz CT molecular complexity index is 1680. The van der Waals surface area contributed by atoms with Gasteiger partial charge < -0.3 is 31.2 Å². The molecule has 2 heterocycles. The molecule has 17 heteroatoms. The predicted octanol–water partition coefficient (Wildman–Crippen LogP) is 5.29. The van der Waals surface area contributed by atoms with E-state index in [0.29, 0.717) is 11.4 Å². The number of hydrogen-bond acceptors (Lipinski definition) is 10. The molecule has 0 spiro atoms. The number of aliphatic carboxylic acids is 2. The third-order valence-electron chi connectivity index (χ3n) is 4.90. The van der Waals surface area contributed by atoms with E-state index in [2.05, 4.69) is 44.4 Å². The number of aliphatic imine (C=N–C) groups is 2. The summed E-state index contributed by atoms with van der Waals surface area (Å²) in [6, 6.07) is 21.9. The molecular formula is C30H20N6O8RuS2. The molecule has 0 aliphatic carbocycles. The van der Waals surface area contributed by atoms with Gasteiger partial charge in [0.05, 0.1) is 33.9 Å². The maximum absolute atomic E-state index is 11.3. The summed E-state index contributed by atoms with van der Waals surface area (Å²) in [7, 11) is 0. The Morgan fingerprint density at radius 3 is 1.15 bits per heavy atom. The van der Waals surface area contributed by atoms with Crippen LogP contribution in [0.1, 0.15) is 32.1 Å². The molecule has 4 N–H and O–H groups in total. The van der Waals surface area contributed by atoms with Gasteiger partial charge in [0.1, 0.15) is 0 Å². The number of para-hydroxylation sites is 2. The molecule has 0 saturated heterocycles. The van der Waals surface area contributed by atoms with Crippen LogP contribution in [0.5, 0.6) is 0 Å². The number of hydrogen-bond donors (Lipinski definition) is 4. The molecule has 47 heavy (non-hydrogen) atoms. The van der Waals surface area contributed by atoms with E-state index in [1.807, 2.05) is 0 Å². The summed E-state index contributed by atoms with van der Waals surface area (Å²) in [5.41, 5.74) is 0.204. The Morgan fingerprint density at radius 1 is 0.596 bits per heavy atom. The Morgan fingerprint density at radius 2 is 0.894 bits per heavy atom. The molecule has 0 aliphatic heterocycles. The predicted molar refractivity (Wildman–Crippen MR) is 175 cm³/mol. The third kappa shape index (κ3) is 15.2. The number of aromatic carboxylic acids is 2. The maximum atomic E-state index is 11.3. The molecule has 0 unspecified atom stereocenters. The van der Waals surface area contributed by atoms with Gasteiger partial charge >= 0.3 is 43.4 Å². The van der Waals surface area contributed by atoms with Crippen LogP contribution in [0.25, 0.3) is 10.8 Å². The summed E-state index contributed by atoms with van der Waals surface area (Å²) in [5, 5.41) is 53.1. The number of carboxylic acids is 4. The number of pyridine rings is 2. The van der Waals surface area contributed by atoms with Crippen LogP contribution in [0.3, 0.4) is 0 Å².